The van der Waals surface area contributed by atoms with Crippen LogP contribution in [-0.2, 0) is 6.54 Å². The second-order valence-corrected chi connectivity index (χ2v) is 5.39. The molecule has 2 aromatic rings. The van der Waals surface area contributed by atoms with E-state index in [1.807, 2.05) is 24.3 Å². The summed E-state index contributed by atoms with van der Waals surface area (Å²) in [5.74, 6) is -0.408. The van der Waals surface area contributed by atoms with Crippen LogP contribution < -0.4 is 4.90 Å². The minimum atomic E-state index is -0.408. The third kappa shape index (κ3) is 2.72. The van der Waals surface area contributed by atoms with Crippen LogP contribution in [0.2, 0.25) is 5.02 Å². The number of rotatable bonds is 2. The molecule has 0 radical (unpaired) electrons. The van der Waals surface area contributed by atoms with Crippen LogP contribution in [-0.4, -0.2) is 17.5 Å². The molecule has 1 heterocycles. The Hall–Kier alpha value is -2.07. The van der Waals surface area contributed by atoms with Crippen LogP contribution in [0.5, 0.6) is 0 Å². The molecule has 1 N–H and O–H groups in total. The van der Waals surface area contributed by atoms with Crippen LogP contribution in [0.15, 0.2) is 47.6 Å². The van der Waals surface area contributed by atoms with Crippen molar-refractivity contribution in [3.63, 3.8) is 0 Å². The number of anilines is 1. The first-order valence-electron chi connectivity index (χ1n) is 6.68. The highest BCUT2D eigenvalue weighted by Crippen LogP contribution is 2.29. The van der Waals surface area contributed by atoms with Gasteiger partial charge in [0.05, 0.1) is 10.7 Å². The molecule has 0 unspecified atom stereocenters. The van der Waals surface area contributed by atoms with E-state index in [9.17, 15) is 4.39 Å². The lowest BCUT2D eigenvalue weighted by Gasteiger charge is -2.31. The first kappa shape index (κ1) is 13.9. The second-order valence-electron chi connectivity index (χ2n) is 4.98. The predicted octanol–water partition coefficient (Wildman–Crippen LogP) is 4.07. The van der Waals surface area contributed by atoms with E-state index in [0.29, 0.717) is 18.7 Å². The molecule has 3 nitrogen and oxygen atoms in total. The molecule has 0 atom stereocenters. The number of hydrogen-bond donors (Lipinski definition) is 1. The molecule has 108 valence electrons. The van der Waals surface area contributed by atoms with Crippen LogP contribution in [0.3, 0.4) is 0 Å². The van der Waals surface area contributed by atoms with E-state index in [4.69, 9.17) is 16.8 Å². The number of hydrogen-bond acceptors (Lipinski definition) is 3. The maximum absolute atomic E-state index is 13.2. The number of benzene rings is 2. The van der Waals surface area contributed by atoms with Crippen molar-refractivity contribution in [1.29, 1.82) is 0 Å². The lowest BCUT2D eigenvalue weighted by atomic mass is 9.99. The standard InChI is InChI=1S/C16H14ClFN2O/c17-13-9-11(5-6-14(13)18)10-20-8-7-15(19-21)12-3-1-2-4-16(12)20/h1-6,9,21H,7-8,10H2/b19-15-. The van der Waals surface area contributed by atoms with E-state index in [2.05, 4.69) is 10.1 Å². The monoisotopic (exact) mass is 304 g/mol. The van der Waals surface area contributed by atoms with Crippen molar-refractivity contribution >= 4 is 23.0 Å². The summed E-state index contributed by atoms with van der Waals surface area (Å²) in [5.41, 5.74) is 3.58. The zero-order valence-electron chi connectivity index (χ0n) is 11.3. The summed E-state index contributed by atoms with van der Waals surface area (Å²) in [6.07, 6.45) is 0.669. The number of fused-ring (bicyclic) bond motifs is 1. The quantitative estimate of drug-likeness (QED) is 0.670. The van der Waals surface area contributed by atoms with E-state index in [-0.39, 0.29) is 5.02 Å². The Morgan fingerprint density at radius 1 is 1.24 bits per heavy atom. The number of halogens is 2. The molecule has 0 aromatic heterocycles. The van der Waals surface area contributed by atoms with Crippen LogP contribution in [0, 0.1) is 5.82 Å². The average Bonchev–Trinajstić information content (AvgIpc) is 2.51. The van der Waals surface area contributed by atoms with Crippen LogP contribution in [0.4, 0.5) is 10.1 Å². The van der Waals surface area contributed by atoms with E-state index in [0.717, 1.165) is 23.4 Å². The van der Waals surface area contributed by atoms with Crippen LogP contribution in [0.25, 0.3) is 0 Å². The molecular weight excluding hydrogens is 291 g/mol. The Kier molecular flexibility index (Phi) is 3.80. The van der Waals surface area contributed by atoms with Gasteiger partial charge in [0.1, 0.15) is 5.82 Å². The first-order chi connectivity index (χ1) is 10.2. The Morgan fingerprint density at radius 2 is 2.05 bits per heavy atom. The van der Waals surface area contributed by atoms with Gasteiger partial charge in [0, 0.05) is 30.8 Å². The van der Waals surface area contributed by atoms with Gasteiger partial charge in [-0.2, -0.15) is 0 Å². The van der Waals surface area contributed by atoms with Crippen molar-refractivity contribution in [3.8, 4) is 0 Å². The highest BCUT2D eigenvalue weighted by molar-refractivity contribution is 6.30. The summed E-state index contributed by atoms with van der Waals surface area (Å²) in [6.45, 7) is 1.38. The van der Waals surface area contributed by atoms with Gasteiger partial charge in [-0.25, -0.2) is 4.39 Å². The molecule has 21 heavy (non-hydrogen) atoms. The highest BCUT2D eigenvalue weighted by atomic mass is 35.5. The molecule has 0 bridgehead atoms. The highest BCUT2D eigenvalue weighted by Gasteiger charge is 2.21. The Morgan fingerprint density at radius 3 is 2.81 bits per heavy atom. The van der Waals surface area contributed by atoms with Crippen molar-refractivity contribution in [1.82, 2.24) is 0 Å². The molecule has 0 aliphatic carbocycles. The van der Waals surface area contributed by atoms with Gasteiger partial charge in [0.2, 0.25) is 0 Å². The molecule has 0 spiro atoms. The van der Waals surface area contributed by atoms with Crippen LogP contribution >= 0.6 is 11.6 Å². The van der Waals surface area contributed by atoms with Crippen molar-refractivity contribution in [3.05, 3.63) is 64.4 Å². The summed E-state index contributed by atoms with van der Waals surface area (Å²) < 4.78 is 13.2. The SMILES string of the molecule is O/N=C1/CCN(Cc2ccc(F)c(Cl)c2)c2ccccc21. The summed E-state index contributed by atoms with van der Waals surface area (Å²) in [6, 6.07) is 12.6. The largest absolute Gasteiger partial charge is 0.411 e. The van der Waals surface area contributed by atoms with Crippen molar-refractivity contribution < 1.29 is 9.60 Å². The fraction of sp³-hybridized carbons (Fsp3) is 0.188. The molecule has 5 heteroatoms. The molecule has 0 fully saturated rings. The number of para-hydroxylation sites is 1. The summed E-state index contributed by atoms with van der Waals surface area (Å²) in [5, 5.41) is 12.6. The lowest BCUT2D eigenvalue weighted by molar-refractivity contribution is 0.317. The van der Waals surface area contributed by atoms with Gasteiger partial charge >= 0.3 is 0 Å². The molecular formula is C16H14ClFN2O. The maximum atomic E-state index is 13.2. The van der Waals surface area contributed by atoms with E-state index < -0.39 is 5.82 Å². The van der Waals surface area contributed by atoms with Gasteiger partial charge < -0.3 is 10.1 Å². The summed E-state index contributed by atoms with van der Waals surface area (Å²) in [4.78, 5) is 2.17. The summed E-state index contributed by atoms with van der Waals surface area (Å²) in [7, 11) is 0. The molecule has 1 aliphatic rings. The van der Waals surface area contributed by atoms with Gasteiger partial charge in [-0.1, -0.05) is 41.0 Å². The fourth-order valence-electron chi connectivity index (χ4n) is 2.62. The fourth-order valence-corrected chi connectivity index (χ4v) is 2.82. The van der Waals surface area contributed by atoms with E-state index in [1.165, 1.54) is 6.07 Å². The maximum Gasteiger partial charge on any atom is 0.141 e. The molecule has 2 aromatic carbocycles. The molecule has 3 rings (SSSR count). The molecule has 0 saturated heterocycles. The third-order valence-electron chi connectivity index (χ3n) is 3.65. The Balaban J connectivity index is 1.91. The third-order valence-corrected chi connectivity index (χ3v) is 3.94. The lowest BCUT2D eigenvalue weighted by Crippen LogP contribution is -2.31. The van der Waals surface area contributed by atoms with Gasteiger partial charge in [-0.15, -0.1) is 0 Å². The van der Waals surface area contributed by atoms with Crippen molar-refractivity contribution in [2.45, 2.75) is 13.0 Å². The summed E-state index contributed by atoms with van der Waals surface area (Å²) >= 11 is 5.83. The average molecular weight is 305 g/mol. The van der Waals surface area contributed by atoms with E-state index in [1.54, 1.807) is 12.1 Å². The van der Waals surface area contributed by atoms with Gasteiger partial charge in [0.15, 0.2) is 0 Å². The predicted molar refractivity (Wildman–Crippen MR) is 81.8 cm³/mol. The first-order valence-corrected chi connectivity index (χ1v) is 7.06. The normalized spacial score (nSPS) is 16.1. The van der Waals surface area contributed by atoms with Gasteiger partial charge in [-0.3, -0.25) is 0 Å². The zero-order chi connectivity index (χ0) is 14.8. The Bertz CT molecular complexity index is 702. The van der Waals surface area contributed by atoms with Crippen LogP contribution in [0.1, 0.15) is 17.5 Å². The van der Waals surface area contributed by atoms with Gasteiger partial charge in [0.25, 0.3) is 0 Å². The number of nitrogens with zero attached hydrogens (tertiary/aromatic N) is 2. The molecule has 0 amide bonds. The minimum absolute atomic E-state index is 0.135. The molecule has 1 aliphatic heterocycles. The second kappa shape index (κ2) is 5.74. The van der Waals surface area contributed by atoms with Gasteiger partial charge in [-0.05, 0) is 23.8 Å². The molecule has 0 saturated carbocycles. The van der Waals surface area contributed by atoms with Crippen molar-refractivity contribution in [2.75, 3.05) is 11.4 Å². The smallest absolute Gasteiger partial charge is 0.141 e. The van der Waals surface area contributed by atoms with Crippen molar-refractivity contribution in [2.24, 2.45) is 5.16 Å². The minimum Gasteiger partial charge on any atom is -0.411 e. The topological polar surface area (TPSA) is 35.8 Å². The van der Waals surface area contributed by atoms with E-state index >= 15 is 0 Å². The number of oxime groups is 1. The Labute approximate surface area is 127 Å². The zero-order valence-corrected chi connectivity index (χ0v) is 12.0.